The molecule has 3 aromatic rings. The number of halogens is 2. The van der Waals surface area contributed by atoms with Crippen LogP contribution < -0.4 is 14.9 Å². The molecule has 0 bridgehead atoms. The number of aliphatic hydroxyl groups is 1. The van der Waals surface area contributed by atoms with Gasteiger partial charge in [-0.05, 0) is 43.2 Å². The van der Waals surface area contributed by atoms with Crippen LogP contribution in [0.4, 0.5) is 0 Å². The van der Waals surface area contributed by atoms with Crippen LogP contribution in [0.1, 0.15) is 30.1 Å². The summed E-state index contributed by atoms with van der Waals surface area (Å²) in [7, 11) is 0. The largest absolute Gasteiger partial charge is 0.490 e. The maximum atomic E-state index is 12.4. The molecule has 1 aliphatic heterocycles. The molecule has 1 fully saturated rings. The van der Waals surface area contributed by atoms with Gasteiger partial charge in [-0.15, -0.1) is 0 Å². The summed E-state index contributed by atoms with van der Waals surface area (Å²) >= 11 is 13.0. The van der Waals surface area contributed by atoms with E-state index < -0.39 is 12.1 Å². The third kappa shape index (κ3) is 8.49. The van der Waals surface area contributed by atoms with Crippen molar-refractivity contribution in [2.75, 3.05) is 26.2 Å². The predicted molar refractivity (Wildman–Crippen MR) is 141 cm³/mol. The van der Waals surface area contributed by atoms with Gasteiger partial charge in [0.25, 0.3) is 11.9 Å². The van der Waals surface area contributed by atoms with Gasteiger partial charge in [0.05, 0.1) is 26.4 Å². The Morgan fingerprint density at radius 1 is 1.19 bits per heavy atom. The first-order valence-electron chi connectivity index (χ1n) is 11.2. The smallest absolute Gasteiger partial charge is 0.305 e. The average molecular weight is 556 g/mol. The Labute approximate surface area is 221 Å². The van der Waals surface area contributed by atoms with Crippen LogP contribution in [0.3, 0.4) is 0 Å². The molecule has 0 radical (unpaired) electrons. The molecular formula is C24H27Cl2N3O6S. The molecule has 0 aliphatic carbocycles. The number of thiazole rings is 1. The Kier molecular flexibility index (Phi) is 10.1. The molecule has 12 heteroatoms. The van der Waals surface area contributed by atoms with Crippen LogP contribution >= 0.6 is 34.5 Å². The highest BCUT2D eigenvalue weighted by molar-refractivity contribution is 7.16. The lowest BCUT2D eigenvalue weighted by Gasteiger charge is -2.33. The van der Waals surface area contributed by atoms with Crippen LogP contribution in [0.25, 0.3) is 10.2 Å². The van der Waals surface area contributed by atoms with Crippen LogP contribution in [-0.2, 0) is 4.79 Å². The van der Waals surface area contributed by atoms with Crippen molar-refractivity contribution in [1.29, 1.82) is 0 Å². The number of piperidine rings is 1. The molecule has 1 atom stereocenters. The van der Waals surface area contributed by atoms with Crippen molar-refractivity contribution in [3.05, 3.63) is 61.7 Å². The van der Waals surface area contributed by atoms with Crippen LogP contribution in [0.5, 0.6) is 5.75 Å². The zero-order chi connectivity index (χ0) is 26.2. The molecule has 0 saturated carbocycles. The fourth-order valence-corrected chi connectivity index (χ4v) is 4.78. The number of benzene rings is 2. The normalized spacial score (nSPS) is 15.1. The van der Waals surface area contributed by atoms with E-state index in [2.05, 4.69) is 15.2 Å². The van der Waals surface area contributed by atoms with Crippen molar-refractivity contribution in [3.8, 4) is 5.75 Å². The number of rotatable bonds is 7. The topological polar surface area (TPSA) is 132 Å². The number of aliphatic carboxylic acids is 1. The first-order chi connectivity index (χ1) is 17.1. The van der Waals surface area contributed by atoms with Gasteiger partial charge in [-0.1, -0.05) is 34.5 Å². The second kappa shape index (κ2) is 13.1. The van der Waals surface area contributed by atoms with Crippen LogP contribution in [0, 0.1) is 0 Å². The highest BCUT2D eigenvalue weighted by Crippen LogP contribution is 2.28. The number of nitrogens with one attached hydrogen (secondary N) is 2. The number of carbonyl (C=O) groups is 2. The van der Waals surface area contributed by atoms with Crippen LogP contribution in [-0.4, -0.2) is 70.4 Å². The maximum Gasteiger partial charge on any atom is 0.305 e. The minimum Gasteiger partial charge on any atom is -0.490 e. The number of β-amino-alcohol motifs (C(OH)–C–C–N with tert-alkyl or cyclic N) is 1. The SMILES string of the molecule is CC(=O)O.O=C(NC[C@@H](O)CN1CCC(Oc2ccc(Cl)c(Cl)c2)CC1)c1ccc2[nH]c(=O)sc2c1. The lowest BCUT2D eigenvalue weighted by molar-refractivity contribution is -0.134. The van der Waals surface area contributed by atoms with Crippen molar-refractivity contribution in [3.63, 3.8) is 0 Å². The number of carboxylic acid groups (broad SMARTS) is 1. The number of H-pyrrole nitrogens is 1. The highest BCUT2D eigenvalue weighted by atomic mass is 35.5. The fraction of sp³-hybridized carbons (Fsp3) is 0.375. The van der Waals surface area contributed by atoms with Gasteiger partial charge in [0, 0.05) is 44.7 Å². The van der Waals surface area contributed by atoms with Crippen LogP contribution in [0.15, 0.2) is 41.2 Å². The standard InChI is InChI=1S/C22H23Cl2N3O4S.C2H4O2/c23-17-3-2-16(10-18(17)24)31-15-5-7-27(8-6-15)12-14(28)11-25-21(29)13-1-4-19-20(9-13)32-22(30)26-19;1-2(3)4/h1-4,9-10,14-15,28H,5-8,11-12H2,(H,25,29)(H,26,30);1H3,(H,3,4)/t14-;/m1./s1. The molecule has 194 valence electrons. The molecule has 0 unspecified atom stereocenters. The van der Waals surface area contributed by atoms with Crippen LogP contribution in [0.2, 0.25) is 10.0 Å². The van der Waals surface area contributed by atoms with E-state index in [1.807, 2.05) is 0 Å². The molecule has 1 aromatic heterocycles. The number of likely N-dealkylation sites (tertiary alicyclic amines) is 1. The number of amides is 1. The molecule has 4 N–H and O–H groups in total. The number of aliphatic hydroxyl groups excluding tert-OH is 1. The second-order valence-electron chi connectivity index (χ2n) is 8.30. The molecule has 9 nitrogen and oxygen atoms in total. The zero-order valence-electron chi connectivity index (χ0n) is 19.5. The first kappa shape index (κ1) is 27.9. The van der Waals surface area contributed by atoms with Crippen molar-refractivity contribution >= 4 is 56.6 Å². The molecule has 1 amide bonds. The summed E-state index contributed by atoms with van der Waals surface area (Å²) in [6.45, 7) is 3.29. The summed E-state index contributed by atoms with van der Waals surface area (Å²) in [5, 5.41) is 21.5. The van der Waals surface area contributed by atoms with Crippen molar-refractivity contribution < 1.29 is 24.5 Å². The number of hydrogen-bond donors (Lipinski definition) is 4. The van der Waals surface area contributed by atoms with E-state index in [-0.39, 0.29) is 23.4 Å². The minimum absolute atomic E-state index is 0.0828. The summed E-state index contributed by atoms with van der Waals surface area (Å²) in [5.74, 6) is -0.411. The number of fused-ring (bicyclic) bond motifs is 1. The second-order valence-corrected chi connectivity index (χ2v) is 10.1. The van der Waals surface area contributed by atoms with Gasteiger partial charge in [0.15, 0.2) is 0 Å². The van der Waals surface area contributed by atoms with Gasteiger partial charge in [-0.3, -0.25) is 14.4 Å². The van der Waals surface area contributed by atoms with E-state index in [9.17, 15) is 14.7 Å². The van der Waals surface area contributed by atoms with Crippen molar-refractivity contribution in [1.82, 2.24) is 15.2 Å². The summed E-state index contributed by atoms with van der Waals surface area (Å²) in [4.78, 5) is 37.5. The molecule has 4 rings (SSSR count). The molecule has 1 aliphatic rings. The fourth-order valence-electron chi connectivity index (χ4n) is 3.71. The average Bonchev–Trinajstić information content (AvgIpc) is 3.20. The van der Waals surface area contributed by atoms with Gasteiger partial charge in [0.1, 0.15) is 11.9 Å². The number of ether oxygens (including phenoxy) is 1. The van der Waals surface area contributed by atoms with E-state index in [1.54, 1.807) is 36.4 Å². The van der Waals surface area contributed by atoms with Gasteiger partial charge in [0.2, 0.25) is 0 Å². The highest BCUT2D eigenvalue weighted by Gasteiger charge is 2.23. The third-order valence-electron chi connectivity index (χ3n) is 5.38. The Bertz CT molecular complexity index is 1250. The Morgan fingerprint density at radius 3 is 2.56 bits per heavy atom. The van der Waals surface area contributed by atoms with Gasteiger partial charge < -0.3 is 30.2 Å². The maximum absolute atomic E-state index is 12.4. The summed E-state index contributed by atoms with van der Waals surface area (Å²) in [5.41, 5.74) is 1.17. The zero-order valence-corrected chi connectivity index (χ0v) is 21.8. The number of hydrogen-bond acceptors (Lipinski definition) is 7. The van der Waals surface area contributed by atoms with E-state index in [0.717, 1.165) is 48.9 Å². The van der Waals surface area contributed by atoms with E-state index in [4.69, 9.17) is 37.8 Å². The predicted octanol–water partition coefficient (Wildman–Crippen LogP) is 3.62. The van der Waals surface area contributed by atoms with Crippen molar-refractivity contribution in [2.45, 2.75) is 32.0 Å². The lowest BCUT2D eigenvalue weighted by atomic mass is 10.1. The number of carboxylic acids is 1. The van der Waals surface area contributed by atoms with Gasteiger partial charge >= 0.3 is 4.87 Å². The Balaban J connectivity index is 0.000000840. The van der Waals surface area contributed by atoms with E-state index >= 15 is 0 Å². The lowest BCUT2D eigenvalue weighted by Crippen LogP contribution is -2.45. The quantitative estimate of drug-likeness (QED) is 0.350. The molecular weight excluding hydrogens is 529 g/mol. The van der Waals surface area contributed by atoms with E-state index in [1.165, 1.54) is 0 Å². The first-order valence-corrected chi connectivity index (χ1v) is 12.8. The Hall–Kier alpha value is -2.63. The molecule has 2 heterocycles. The summed E-state index contributed by atoms with van der Waals surface area (Å²) in [6.07, 6.45) is 1.07. The monoisotopic (exact) mass is 555 g/mol. The number of aromatic amines is 1. The molecule has 36 heavy (non-hydrogen) atoms. The minimum atomic E-state index is -0.833. The van der Waals surface area contributed by atoms with Crippen molar-refractivity contribution in [2.24, 2.45) is 0 Å². The molecule has 2 aromatic carbocycles. The van der Waals surface area contributed by atoms with E-state index in [0.29, 0.717) is 33.4 Å². The molecule has 0 spiro atoms. The number of carbonyl (C=O) groups excluding carboxylic acids is 1. The van der Waals surface area contributed by atoms with Gasteiger partial charge in [-0.2, -0.15) is 0 Å². The number of aromatic nitrogens is 1. The summed E-state index contributed by atoms with van der Waals surface area (Å²) in [6, 6.07) is 10.3. The Morgan fingerprint density at radius 2 is 1.89 bits per heavy atom. The number of nitrogens with zero attached hydrogens (tertiary/aromatic N) is 1. The summed E-state index contributed by atoms with van der Waals surface area (Å²) < 4.78 is 6.72. The third-order valence-corrected chi connectivity index (χ3v) is 6.96. The molecule has 1 saturated heterocycles. The van der Waals surface area contributed by atoms with Gasteiger partial charge in [-0.25, -0.2) is 0 Å².